The summed E-state index contributed by atoms with van der Waals surface area (Å²) >= 11 is 0. The van der Waals surface area contributed by atoms with Crippen LogP contribution in [-0.4, -0.2) is 16.3 Å². The van der Waals surface area contributed by atoms with Crippen LogP contribution in [0.5, 0.6) is 0 Å². The largest absolute Gasteiger partial charge is 0.330 e. The van der Waals surface area contributed by atoms with Crippen LogP contribution in [0.4, 0.5) is 0 Å². The van der Waals surface area contributed by atoms with Crippen molar-refractivity contribution in [3.63, 3.8) is 0 Å². The maximum Gasteiger partial charge on any atom is 0.0718 e. The van der Waals surface area contributed by atoms with E-state index in [0.29, 0.717) is 6.54 Å². The number of hydrogen-bond donors (Lipinski definition) is 1. The van der Waals surface area contributed by atoms with Gasteiger partial charge in [0.05, 0.1) is 5.69 Å². The first-order valence-corrected chi connectivity index (χ1v) is 7.05. The van der Waals surface area contributed by atoms with E-state index >= 15 is 0 Å². The summed E-state index contributed by atoms with van der Waals surface area (Å²) in [5.74, 6) is 0. The summed E-state index contributed by atoms with van der Waals surface area (Å²) in [6.45, 7) is 2.78. The molecule has 0 saturated heterocycles. The lowest BCUT2D eigenvalue weighted by atomic mass is 9.98. The Morgan fingerprint density at radius 2 is 2.05 bits per heavy atom. The van der Waals surface area contributed by atoms with Crippen molar-refractivity contribution >= 4 is 0 Å². The van der Waals surface area contributed by atoms with Gasteiger partial charge in [-0.2, -0.15) is 5.10 Å². The molecule has 100 valence electrons. The maximum absolute atomic E-state index is 5.71. The monoisotopic (exact) mass is 255 g/mol. The fourth-order valence-electron chi connectivity index (χ4n) is 3.09. The normalized spacial score (nSPS) is 13.8. The second-order valence-electron chi connectivity index (χ2n) is 5.41. The molecule has 0 spiro atoms. The highest BCUT2D eigenvalue weighted by atomic mass is 15.3. The predicted octanol–water partition coefficient (Wildman–Crippen LogP) is 2.39. The smallest absolute Gasteiger partial charge is 0.0718 e. The standard InChI is InChI=1S/C16H21N3/c1-11-16(15(8-9-17)18-19(11)2)14-7-6-12-4-3-5-13(12)10-14/h6-7,10H,3-5,8-9,17H2,1-2H3. The molecule has 0 atom stereocenters. The topological polar surface area (TPSA) is 43.8 Å². The molecule has 0 saturated carbocycles. The number of nitrogens with two attached hydrogens (primary N) is 1. The molecule has 1 heterocycles. The summed E-state index contributed by atoms with van der Waals surface area (Å²) in [5.41, 5.74) is 13.7. The molecule has 3 rings (SSSR count). The third kappa shape index (κ3) is 2.08. The van der Waals surface area contributed by atoms with Gasteiger partial charge in [0.15, 0.2) is 0 Å². The third-order valence-corrected chi connectivity index (χ3v) is 4.17. The number of benzene rings is 1. The number of aromatic nitrogens is 2. The van der Waals surface area contributed by atoms with Gasteiger partial charge in [0.2, 0.25) is 0 Å². The van der Waals surface area contributed by atoms with Crippen LogP contribution in [-0.2, 0) is 26.3 Å². The lowest BCUT2D eigenvalue weighted by molar-refractivity contribution is 0.718. The van der Waals surface area contributed by atoms with Gasteiger partial charge in [-0.15, -0.1) is 0 Å². The lowest BCUT2D eigenvalue weighted by Crippen LogP contribution is -2.04. The van der Waals surface area contributed by atoms with E-state index in [9.17, 15) is 0 Å². The zero-order valence-electron chi connectivity index (χ0n) is 11.7. The van der Waals surface area contributed by atoms with Gasteiger partial charge in [0, 0.05) is 24.7 Å². The second-order valence-corrected chi connectivity index (χ2v) is 5.41. The molecule has 0 bridgehead atoms. The molecule has 0 radical (unpaired) electrons. The summed E-state index contributed by atoms with van der Waals surface area (Å²) in [4.78, 5) is 0. The van der Waals surface area contributed by atoms with Crippen molar-refractivity contribution in [3.05, 3.63) is 40.7 Å². The molecule has 1 aromatic heterocycles. The van der Waals surface area contributed by atoms with Crippen LogP contribution in [0.2, 0.25) is 0 Å². The van der Waals surface area contributed by atoms with Crippen LogP contribution in [0.15, 0.2) is 18.2 Å². The molecule has 3 heteroatoms. The molecule has 1 aliphatic carbocycles. The minimum Gasteiger partial charge on any atom is -0.330 e. The Morgan fingerprint density at radius 1 is 1.26 bits per heavy atom. The molecule has 2 N–H and O–H groups in total. The first-order chi connectivity index (χ1) is 9.20. The molecule has 19 heavy (non-hydrogen) atoms. The molecule has 1 aromatic carbocycles. The maximum atomic E-state index is 5.71. The lowest BCUT2D eigenvalue weighted by Gasteiger charge is -2.07. The Morgan fingerprint density at radius 3 is 2.84 bits per heavy atom. The zero-order chi connectivity index (χ0) is 13.4. The van der Waals surface area contributed by atoms with Gasteiger partial charge in [-0.05, 0) is 49.4 Å². The Balaban J connectivity index is 2.10. The summed E-state index contributed by atoms with van der Waals surface area (Å²) in [6.07, 6.45) is 4.58. The molecule has 0 amide bonds. The predicted molar refractivity (Wildman–Crippen MR) is 78.2 cm³/mol. The first-order valence-electron chi connectivity index (χ1n) is 7.05. The number of hydrogen-bond acceptors (Lipinski definition) is 2. The van der Waals surface area contributed by atoms with Gasteiger partial charge >= 0.3 is 0 Å². The van der Waals surface area contributed by atoms with E-state index < -0.39 is 0 Å². The molecule has 1 aliphatic rings. The average Bonchev–Trinajstić information content (AvgIpc) is 2.95. The minimum absolute atomic E-state index is 0.647. The first kappa shape index (κ1) is 12.4. The van der Waals surface area contributed by atoms with E-state index in [1.165, 1.54) is 47.2 Å². The van der Waals surface area contributed by atoms with Crippen molar-refractivity contribution in [1.82, 2.24) is 9.78 Å². The third-order valence-electron chi connectivity index (χ3n) is 4.17. The molecule has 2 aromatic rings. The Kier molecular flexibility index (Phi) is 3.15. The van der Waals surface area contributed by atoms with Gasteiger partial charge in [0.25, 0.3) is 0 Å². The second kappa shape index (κ2) is 4.82. The molecule has 3 nitrogen and oxygen atoms in total. The minimum atomic E-state index is 0.647. The van der Waals surface area contributed by atoms with Crippen molar-refractivity contribution in [1.29, 1.82) is 0 Å². The molecular formula is C16H21N3. The molecular weight excluding hydrogens is 234 g/mol. The number of aryl methyl sites for hydroxylation is 3. The van der Waals surface area contributed by atoms with E-state index in [4.69, 9.17) is 5.73 Å². The van der Waals surface area contributed by atoms with Gasteiger partial charge in [-0.3, -0.25) is 4.68 Å². The number of fused-ring (bicyclic) bond motifs is 1. The Hall–Kier alpha value is -1.61. The van der Waals surface area contributed by atoms with Gasteiger partial charge < -0.3 is 5.73 Å². The van der Waals surface area contributed by atoms with Crippen molar-refractivity contribution in [2.24, 2.45) is 12.8 Å². The summed E-state index contributed by atoms with van der Waals surface area (Å²) in [6, 6.07) is 6.89. The van der Waals surface area contributed by atoms with E-state index in [-0.39, 0.29) is 0 Å². The zero-order valence-corrected chi connectivity index (χ0v) is 11.7. The highest BCUT2D eigenvalue weighted by molar-refractivity contribution is 5.70. The fourth-order valence-corrected chi connectivity index (χ4v) is 3.09. The molecule has 0 aliphatic heterocycles. The van der Waals surface area contributed by atoms with Crippen molar-refractivity contribution in [2.45, 2.75) is 32.6 Å². The van der Waals surface area contributed by atoms with Crippen LogP contribution in [0, 0.1) is 6.92 Å². The number of rotatable bonds is 3. The van der Waals surface area contributed by atoms with E-state index in [1.54, 1.807) is 0 Å². The highest BCUT2D eigenvalue weighted by Crippen LogP contribution is 2.31. The van der Waals surface area contributed by atoms with Crippen LogP contribution in [0.25, 0.3) is 11.1 Å². The van der Waals surface area contributed by atoms with E-state index in [0.717, 1.165) is 12.1 Å². The van der Waals surface area contributed by atoms with Crippen LogP contribution >= 0.6 is 0 Å². The van der Waals surface area contributed by atoms with Crippen molar-refractivity contribution in [2.75, 3.05) is 6.54 Å². The average molecular weight is 255 g/mol. The molecule has 0 fully saturated rings. The van der Waals surface area contributed by atoms with Gasteiger partial charge in [-0.25, -0.2) is 0 Å². The number of nitrogens with zero attached hydrogens (tertiary/aromatic N) is 2. The van der Waals surface area contributed by atoms with Crippen LogP contribution in [0.3, 0.4) is 0 Å². The van der Waals surface area contributed by atoms with Crippen molar-refractivity contribution < 1.29 is 0 Å². The van der Waals surface area contributed by atoms with Gasteiger partial charge in [-0.1, -0.05) is 18.2 Å². The highest BCUT2D eigenvalue weighted by Gasteiger charge is 2.17. The summed E-state index contributed by atoms with van der Waals surface area (Å²) in [5, 5.41) is 4.61. The van der Waals surface area contributed by atoms with E-state index in [1.807, 2.05) is 11.7 Å². The summed E-state index contributed by atoms with van der Waals surface area (Å²) in [7, 11) is 2.01. The van der Waals surface area contributed by atoms with E-state index in [2.05, 4.69) is 30.2 Å². The Labute approximate surface area is 114 Å². The summed E-state index contributed by atoms with van der Waals surface area (Å²) < 4.78 is 1.97. The van der Waals surface area contributed by atoms with Crippen molar-refractivity contribution in [3.8, 4) is 11.1 Å². The SMILES string of the molecule is Cc1c(-c2ccc3c(c2)CCC3)c(CCN)nn1C. The molecule has 0 unspecified atom stereocenters. The quantitative estimate of drug-likeness (QED) is 0.915. The van der Waals surface area contributed by atoms with Crippen LogP contribution in [0.1, 0.15) is 28.9 Å². The Bertz CT molecular complexity index is 611. The van der Waals surface area contributed by atoms with Gasteiger partial charge in [0.1, 0.15) is 0 Å². The fraction of sp³-hybridized carbons (Fsp3) is 0.438. The van der Waals surface area contributed by atoms with Crippen LogP contribution < -0.4 is 5.73 Å².